The minimum Gasteiger partial charge on any atom is -0.508 e. The number of fused-ring (bicyclic) bond motifs is 1. The van der Waals surface area contributed by atoms with E-state index in [-0.39, 0.29) is 17.1 Å². The van der Waals surface area contributed by atoms with Crippen LogP contribution in [0.5, 0.6) is 28.7 Å². The Hall–Kier alpha value is -3.15. The molecule has 2 aromatic carbocycles. The molecule has 22 heavy (non-hydrogen) atoms. The number of allylic oxidation sites excluding steroid dienone is 1. The summed E-state index contributed by atoms with van der Waals surface area (Å²) in [6, 6.07) is 7.25. The molecule has 1 aliphatic rings. The molecule has 6 heteroatoms. The Labute approximate surface area is 125 Å². The van der Waals surface area contributed by atoms with Gasteiger partial charge < -0.3 is 30.0 Å². The molecule has 2 aromatic rings. The van der Waals surface area contributed by atoms with Crippen LogP contribution in [0.4, 0.5) is 0 Å². The van der Waals surface area contributed by atoms with Crippen molar-refractivity contribution in [2.75, 3.05) is 0 Å². The summed E-state index contributed by atoms with van der Waals surface area (Å²) in [6.07, 6.45) is 1.94. The molecule has 1 atom stereocenters. The molecule has 0 spiro atoms. The summed E-state index contributed by atoms with van der Waals surface area (Å²) >= 11 is 0. The van der Waals surface area contributed by atoms with Gasteiger partial charge in [-0.3, -0.25) is 0 Å². The number of carbonyl (C=O) groups excluding carboxylic acids is 1. The van der Waals surface area contributed by atoms with Crippen molar-refractivity contribution in [3.8, 4) is 28.7 Å². The van der Waals surface area contributed by atoms with Gasteiger partial charge in [-0.2, -0.15) is 0 Å². The number of phenols is 4. The first-order valence-corrected chi connectivity index (χ1v) is 6.42. The average Bonchev–Trinajstić information content (AvgIpc) is 2.52. The molecule has 0 aliphatic carbocycles. The lowest BCUT2D eigenvalue weighted by molar-refractivity contribution is -0.108. The van der Waals surface area contributed by atoms with E-state index in [1.165, 1.54) is 18.4 Å². The molecule has 0 fully saturated rings. The molecule has 0 aromatic heterocycles. The van der Waals surface area contributed by atoms with Crippen LogP contribution in [0.25, 0.3) is 5.57 Å². The highest BCUT2D eigenvalue weighted by atomic mass is 16.5. The monoisotopic (exact) mass is 300 g/mol. The Morgan fingerprint density at radius 2 is 1.68 bits per heavy atom. The topological polar surface area (TPSA) is 107 Å². The number of aldehydes is 1. The first-order valence-electron chi connectivity index (χ1n) is 6.42. The first kappa shape index (κ1) is 13.8. The zero-order chi connectivity index (χ0) is 15.9. The van der Waals surface area contributed by atoms with Gasteiger partial charge in [-0.1, -0.05) is 12.1 Å². The Morgan fingerprint density at radius 3 is 2.32 bits per heavy atom. The normalized spacial score (nSPS) is 16.4. The fourth-order valence-corrected chi connectivity index (χ4v) is 2.43. The summed E-state index contributed by atoms with van der Waals surface area (Å²) in [4.78, 5) is 11.5. The summed E-state index contributed by atoms with van der Waals surface area (Å²) < 4.78 is 5.35. The largest absolute Gasteiger partial charge is 0.508 e. The lowest BCUT2D eigenvalue weighted by Crippen LogP contribution is -2.11. The molecular weight excluding hydrogens is 288 g/mol. The Kier molecular flexibility index (Phi) is 3.14. The van der Waals surface area contributed by atoms with E-state index in [0.717, 1.165) is 6.07 Å². The van der Waals surface area contributed by atoms with E-state index in [1.54, 1.807) is 12.1 Å². The van der Waals surface area contributed by atoms with Crippen LogP contribution in [0.2, 0.25) is 0 Å². The van der Waals surface area contributed by atoms with E-state index in [9.17, 15) is 25.2 Å². The number of hydrogen-bond acceptors (Lipinski definition) is 6. The molecule has 0 bridgehead atoms. The third-order valence-electron chi connectivity index (χ3n) is 3.55. The van der Waals surface area contributed by atoms with Crippen molar-refractivity contribution in [2.24, 2.45) is 0 Å². The highest BCUT2D eigenvalue weighted by molar-refractivity contribution is 5.90. The van der Waals surface area contributed by atoms with Crippen molar-refractivity contribution in [1.29, 1.82) is 0 Å². The quantitative estimate of drug-likeness (QED) is 0.500. The molecule has 1 aliphatic heterocycles. The second-order valence-electron chi connectivity index (χ2n) is 4.86. The van der Waals surface area contributed by atoms with E-state index in [4.69, 9.17) is 4.74 Å². The molecule has 0 amide bonds. The van der Waals surface area contributed by atoms with Gasteiger partial charge >= 0.3 is 0 Å². The predicted molar refractivity (Wildman–Crippen MR) is 77.0 cm³/mol. The van der Waals surface area contributed by atoms with Gasteiger partial charge in [-0.05, 0) is 17.7 Å². The number of hydrogen-bond donors (Lipinski definition) is 4. The second-order valence-corrected chi connectivity index (χ2v) is 4.86. The zero-order valence-electron chi connectivity index (χ0n) is 11.2. The van der Waals surface area contributed by atoms with E-state index in [2.05, 4.69) is 0 Å². The van der Waals surface area contributed by atoms with Gasteiger partial charge in [0.25, 0.3) is 0 Å². The Bertz CT molecular complexity index is 776. The van der Waals surface area contributed by atoms with Crippen LogP contribution in [0.1, 0.15) is 17.0 Å². The maximum Gasteiger partial charge on any atom is 0.200 e. The van der Waals surface area contributed by atoms with Crippen molar-refractivity contribution < 1.29 is 30.0 Å². The van der Waals surface area contributed by atoms with E-state index in [1.807, 2.05) is 0 Å². The smallest absolute Gasteiger partial charge is 0.200 e. The minimum atomic E-state index is -0.875. The molecule has 1 heterocycles. The summed E-state index contributed by atoms with van der Waals surface area (Å²) in [5.41, 5.74) is 1.16. The van der Waals surface area contributed by atoms with Gasteiger partial charge in [0.1, 0.15) is 17.8 Å². The molecule has 6 nitrogen and oxygen atoms in total. The van der Waals surface area contributed by atoms with Crippen LogP contribution >= 0.6 is 0 Å². The molecule has 0 radical (unpaired) electrons. The highest BCUT2D eigenvalue weighted by Gasteiger charge is 2.31. The van der Waals surface area contributed by atoms with E-state index >= 15 is 0 Å². The van der Waals surface area contributed by atoms with Gasteiger partial charge in [0, 0.05) is 11.6 Å². The van der Waals surface area contributed by atoms with Crippen LogP contribution in [-0.4, -0.2) is 26.7 Å². The predicted octanol–water partition coefficient (Wildman–Crippen LogP) is 2.23. The number of aromatic hydroxyl groups is 4. The zero-order valence-corrected chi connectivity index (χ0v) is 11.2. The van der Waals surface area contributed by atoms with Crippen LogP contribution in [0, 0.1) is 0 Å². The molecule has 0 saturated carbocycles. The minimum absolute atomic E-state index is 0.0783. The fraction of sp³-hybridized carbons (Fsp3) is 0.0625. The highest BCUT2D eigenvalue weighted by Crippen LogP contribution is 2.51. The number of carbonyl (C=O) groups is 1. The lowest BCUT2D eigenvalue weighted by Gasteiger charge is -2.24. The number of rotatable bonds is 2. The SMILES string of the molecule is O=CC1C(c2ccc(O)cc2)=COc2cc(O)c(O)c(O)c21. The maximum absolute atomic E-state index is 11.5. The summed E-state index contributed by atoms with van der Waals surface area (Å²) in [7, 11) is 0. The van der Waals surface area contributed by atoms with Crippen LogP contribution in [-0.2, 0) is 4.79 Å². The third-order valence-corrected chi connectivity index (χ3v) is 3.55. The van der Waals surface area contributed by atoms with Gasteiger partial charge in [0.15, 0.2) is 11.5 Å². The Morgan fingerprint density at radius 1 is 1.00 bits per heavy atom. The van der Waals surface area contributed by atoms with Crippen LogP contribution in [0.15, 0.2) is 36.6 Å². The average molecular weight is 300 g/mol. The van der Waals surface area contributed by atoms with Gasteiger partial charge in [0.2, 0.25) is 5.75 Å². The number of benzene rings is 2. The summed E-state index contributed by atoms with van der Waals surface area (Å²) in [5.74, 6) is -2.55. The van der Waals surface area contributed by atoms with Crippen molar-refractivity contribution >= 4 is 11.9 Å². The van der Waals surface area contributed by atoms with Gasteiger partial charge in [-0.15, -0.1) is 0 Å². The second kappa shape index (κ2) is 5.00. The number of phenolic OH excluding ortho intramolecular Hbond substituents is 4. The molecule has 3 rings (SSSR count). The standard InChI is InChI=1S/C16H12O6/c17-6-10-11(8-1-3-9(18)4-2-8)7-22-13-5-12(19)15(20)16(21)14(10)13/h1-7,10,18-21H. The molecule has 1 unspecified atom stereocenters. The van der Waals surface area contributed by atoms with Crippen molar-refractivity contribution in [3.05, 3.63) is 47.7 Å². The fourth-order valence-electron chi connectivity index (χ4n) is 2.43. The van der Waals surface area contributed by atoms with Crippen molar-refractivity contribution in [3.63, 3.8) is 0 Å². The van der Waals surface area contributed by atoms with Crippen molar-refractivity contribution in [1.82, 2.24) is 0 Å². The summed E-state index contributed by atoms with van der Waals surface area (Å²) in [5, 5.41) is 38.5. The first-order chi connectivity index (χ1) is 10.5. The maximum atomic E-state index is 11.5. The number of ether oxygens (including phenoxy) is 1. The lowest BCUT2D eigenvalue weighted by atomic mass is 9.86. The summed E-state index contributed by atoms with van der Waals surface area (Å²) in [6.45, 7) is 0. The van der Waals surface area contributed by atoms with E-state index in [0.29, 0.717) is 17.4 Å². The van der Waals surface area contributed by atoms with Crippen molar-refractivity contribution in [2.45, 2.75) is 5.92 Å². The van der Waals surface area contributed by atoms with E-state index < -0.39 is 23.2 Å². The Balaban J connectivity index is 2.15. The van der Waals surface area contributed by atoms with Gasteiger partial charge in [-0.25, -0.2) is 0 Å². The molecular formula is C16H12O6. The van der Waals surface area contributed by atoms with Crippen LogP contribution in [0.3, 0.4) is 0 Å². The molecule has 0 saturated heterocycles. The molecule has 112 valence electrons. The van der Waals surface area contributed by atoms with Gasteiger partial charge in [0.05, 0.1) is 17.7 Å². The molecule has 4 N–H and O–H groups in total. The third kappa shape index (κ3) is 2.01. The van der Waals surface area contributed by atoms with Crippen LogP contribution < -0.4 is 4.74 Å².